The first-order valence-corrected chi connectivity index (χ1v) is 6.13. The van der Waals surface area contributed by atoms with Gasteiger partial charge in [0.15, 0.2) is 0 Å². The summed E-state index contributed by atoms with van der Waals surface area (Å²) in [4.78, 5) is 3.96. The van der Waals surface area contributed by atoms with Crippen LogP contribution in [0.4, 0.5) is 4.39 Å². The van der Waals surface area contributed by atoms with Crippen molar-refractivity contribution in [3.8, 4) is 11.1 Å². The Morgan fingerprint density at radius 3 is 2.70 bits per heavy atom. The molecule has 2 heterocycles. The van der Waals surface area contributed by atoms with Gasteiger partial charge < -0.3 is 5.11 Å². The zero-order valence-electron chi connectivity index (χ0n) is 10.5. The van der Waals surface area contributed by atoms with Gasteiger partial charge in [-0.3, -0.25) is 10.1 Å². The van der Waals surface area contributed by atoms with Crippen LogP contribution >= 0.6 is 0 Å². The Balaban J connectivity index is 2.02. The lowest BCUT2D eigenvalue weighted by Crippen LogP contribution is -2.02. The van der Waals surface area contributed by atoms with Crippen LogP contribution in [0.1, 0.15) is 17.4 Å². The number of aromatic amines is 1. The second kappa shape index (κ2) is 5.22. The van der Waals surface area contributed by atoms with Gasteiger partial charge in [0.2, 0.25) is 0 Å². The van der Waals surface area contributed by atoms with E-state index in [1.54, 1.807) is 30.7 Å². The highest BCUT2D eigenvalue weighted by Crippen LogP contribution is 2.29. The van der Waals surface area contributed by atoms with Crippen molar-refractivity contribution in [2.75, 3.05) is 0 Å². The number of aromatic nitrogens is 3. The number of halogens is 1. The van der Waals surface area contributed by atoms with Crippen LogP contribution in [0.2, 0.25) is 0 Å². The molecule has 3 aromatic rings. The number of aliphatic hydroxyl groups is 1. The van der Waals surface area contributed by atoms with Gasteiger partial charge in [-0.15, -0.1) is 0 Å². The van der Waals surface area contributed by atoms with E-state index in [0.717, 1.165) is 11.1 Å². The predicted octanol–water partition coefficient (Wildman–Crippen LogP) is 2.69. The van der Waals surface area contributed by atoms with Crippen LogP contribution in [0.15, 0.2) is 55.0 Å². The molecule has 0 spiro atoms. The molecule has 0 aliphatic carbocycles. The number of pyridine rings is 1. The SMILES string of the molecule is OC(c1cccc(F)c1)c1n[nH]cc1-c1ccncc1. The van der Waals surface area contributed by atoms with E-state index in [1.165, 1.54) is 12.1 Å². The lowest BCUT2D eigenvalue weighted by Gasteiger charge is -2.11. The van der Waals surface area contributed by atoms with E-state index in [4.69, 9.17) is 0 Å². The summed E-state index contributed by atoms with van der Waals surface area (Å²) in [6, 6.07) is 9.52. The number of hydrogen-bond acceptors (Lipinski definition) is 3. The lowest BCUT2D eigenvalue weighted by atomic mass is 10.00. The van der Waals surface area contributed by atoms with Gasteiger partial charge in [-0.2, -0.15) is 5.10 Å². The minimum Gasteiger partial charge on any atom is -0.382 e. The average Bonchev–Trinajstić information content (AvgIpc) is 2.97. The molecule has 2 aromatic heterocycles. The zero-order valence-corrected chi connectivity index (χ0v) is 10.5. The number of H-pyrrole nitrogens is 1. The summed E-state index contributed by atoms with van der Waals surface area (Å²) in [6.45, 7) is 0. The van der Waals surface area contributed by atoms with E-state index in [0.29, 0.717) is 11.3 Å². The molecule has 2 N–H and O–H groups in total. The van der Waals surface area contributed by atoms with E-state index in [9.17, 15) is 9.50 Å². The van der Waals surface area contributed by atoms with Crippen molar-refractivity contribution in [2.45, 2.75) is 6.10 Å². The normalized spacial score (nSPS) is 12.3. The molecular formula is C15H12FN3O. The van der Waals surface area contributed by atoms with Crippen molar-refractivity contribution in [3.63, 3.8) is 0 Å². The molecule has 0 aliphatic rings. The standard InChI is InChI=1S/C15H12FN3O/c16-12-3-1-2-11(8-12)15(20)14-13(9-18-19-14)10-4-6-17-7-5-10/h1-9,15,20H,(H,18,19). The van der Waals surface area contributed by atoms with Gasteiger partial charge in [-0.25, -0.2) is 4.39 Å². The second-order valence-electron chi connectivity index (χ2n) is 4.38. The Labute approximate surface area is 114 Å². The molecule has 1 atom stereocenters. The maximum absolute atomic E-state index is 13.2. The van der Waals surface area contributed by atoms with Gasteiger partial charge >= 0.3 is 0 Å². The molecule has 0 bridgehead atoms. The van der Waals surface area contributed by atoms with Gasteiger partial charge in [0.1, 0.15) is 17.6 Å². The van der Waals surface area contributed by atoms with Crippen molar-refractivity contribution in [3.05, 3.63) is 72.1 Å². The van der Waals surface area contributed by atoms with E-state index in [1.807, 2.05) is 12.1 Å². The molecule has 0 amide bonds. The number of benzene rings is 1. The van der Waals surface area contributed by atoms with Crippen LogP contribution in [0.25, 0.3) is 11.1 Å². The third kappa shape index (κ3) is 2.31. The highest BCUT2D eigenvalue weighted by molar-refractivity contribution is 5.65. The summed E-state index contributed by atoms with van der Waals surface area (Å²) in [6.07, 6.45) is 4.05. The van der Waals surface area contributed by atoms with Crippen LogP contribution in [-0.4, -0.2) is 20.3 Å². The fourth-order valence-corrected chi connectivity index (χ4v) is 2.11. The molecule has 0 saturated heterocycles. The van der Waals surface area contributed by atoms with Crippen molar-refractivity contribution < 1.29 is 9.50 Å². The Morgan fingerprint density at radius 1 is 1.15 bits per heavy atom. The first kappa shape index (κ1) is 12.5. The monoisotopic (exact) mass is 269 g/mol. The highest BCUT2D eigenvalue weighted by Gasteiger charge is 2.18. The molecule has 3 rings (SSSR count). The van der Waals surface area contributed by atoms with E-state index >= 15 is 0 Å². The number of hydrogen-bond donors (Lipinski definition) is 2. The van der Waals surface area contributed by atoms with Crippen LogP contribution in [0.5, 0.6) is 0 Å². The van der Waals surface area contributed by atoms with E-state index < -0.39 is 6.10 Å². The topological polar surface area (TPSA) is 61.8 Å². The quantitative estimate of drug-likeness (QED) is 0.768. The van der Waals surface area contributed by atoms with Gasteiger partial charge in [0.05, 0.1) is 0 Å². The van der Waals surface area contributed by atoms with E-state index in [-0.39, 0.29) is 5.82 Å². The summed E-state index contributed by atoms with van der Waals surface area (Å²) >= 11 is 0. The smallest absolute Gasteiger partial charge is 0.124 e. The first-order chi connectivity index (χ1) is 9.75. The van der Waals surface area contributed by atoms with Crippen molar-refractivity contribution in [2.24, 2.45) is 0 Å². The molecule has 1 aromatic carbocycles. The van der Waals surface area contributed by atoms with E-state index in [2.05, 4.69) is 15.2 Å². The lowest BCUT2D eigenvalue weighted by molar-refractivity contribution is 0.215. The molecule has 4 nitrogen and oxygen atoms in total. The minimum atomic E-state index is -0.986. The maximum atomic E-state index is 13.2. The minimum absolute atomic E-state index is 0.387. The molecular weight excluding hydrogens is 257 g/mol. The summed E-state index contributed by atoms with van der Waals surface area (Å²) < 4.78 is 13.2. The molecule has 0 aliphatic heterocycles. The number of nitrogens with one attached hydrogen (secondary N) is 1. The number of rotatable bonds is 3. The number of aliphatic hydroxyl groups excluding tert-OH is 1. The van der Waals surface area contributed by atoms with Crippen molar-refractivity contribution >= 4 is 0 Å². The summed E-state index contributed by atoms with van der Waals surface area (Å²) in [5, 5.41) is 17.2. The fourth-order valence-electron chi connectivity index (χ4n) is 2.11. The average molecular weight is 269 g/mol. The van der Waals surface area contributed by atoms with Crippen LogP contribution in [0, 0.1) is 5.82 Å². The Morgan fingerprint density at radius 2 is 1.95 bits per heavy atom. The molecule has 20 heavy (non-hydrogen) atoms. The molecule has 0 fully saturated rings. The summed E-state index contributed by atoms with van der Waals surface area (Å²) in [5.74, 6) is -0.387. The third-order valence-electron chi connectivity index (χ3n) is 3.08. The Hall–Kier alpha value is -2.53. The van der Waals surface area contributed by atoms with Crippen molar-refractivity contribution in [1.82, 2.24) is 15.2 Å². The molecule has 0 saturated carbocycles. The maximum Gasteiger partial charge on any atom is 0.124 e. The second-order valence-corrected chi connectivity index (χ2v) is 4.38. The fraction of sp³-hybridized carbons (Fsp3) is 0.0667. The predicted molar refractivity (Wildman–Crippen MR) is 72.3 cm³/mol. The third-order valence-corrected chi connectivity index (χ3v) is 3.08. The largest absolute Gasteiger partial charge is 0.382 e. The summed E-state index contributed by atoms with van der Waals surface area (Å²) in [7, 11) is 0. The van der Waals surface area contributed by atoms with Gasteiger partial charge in [0.25, 0.3) is 0 Å². The van der Waals surface area contributed by atoms with Gasteiger partial charge in [0, 0.05) is 24.2 Å². The molecule has 0 radical (unpaired) electrons. The zero-order chi connectivity index (χ0) is 13.9. The van der Waals surface area contributed by atoms with Crippen LogP contribution < -0.4 is 0 Å². The Bertz CT molecular complexity index is 712. The summed E-state index contributed by atoms with van der Waals surface area (Å²) in [5.41, 5.74) is 2.58. The number of nitrogens with zero attached hydrogens (tertiary/aromatic N) is 2. The molecule has 100 valence electrons. The van der Waals surface area contributed by atoms with Crippen LogP contribution in [-0.2, 0) is 0 Å². The Kier molecular flexibility index (Phi) is 3.26. The molecule has 1 unspecified atom stereocenters. The first-order valence-electron chi connectivity index (χ1n) is 6.13. The van der Waals surface area contributed by atoms with Crippen LogP contribution in [0.3, 0.4) is 0 Å². The van der Waals surface area contributed by atoms with Gasteiger partial charge in [-0.1, -0.05) is 12.1 Å². The van der Waals surface area contributed by atoms with Gasteiger partial charge in [-0.05, 0) is 35.4 Å². The molecule has 5 heteroatoms. The van der Waals surface area contributed by atoms with Crippen molar-refractivity contribution in [1.29, 1.82) is 0 Å². The highest BCUT2D eigenvalue weighted by atomic mass is 19.1.